The molecule has 2 rings (SSSR count). The molecule has 0 spiro atoms. The Morgan fingerprint density at radius 3 is 2.89 bits per heavy atom. The quantitative estimate of drug-likeness (QED) is 0.757. The van der Waals surface area contributed by atoms with Crippen LogP contribution in [0.4, 0.5) is 0 Å². The van der Waals surface area contributed by atoms with Gasteiger partial charge in [-0.1, -0.05) is 29.8 Å². The highest BCUT2D eigenvalue weighted by molar-refractivity contribution is 5.86. The van der Waals surface area contributed by atoms with Crippen molar-refractivity contribution in [3.63, 3.8) is 0 Å². The number of rotatable bonds is 3. The number of aryl methyl sites for hydroxylation is 1. The summed E-state index contributed by atoms with van der Waals surface area (Å²) in [6, 6.07) is 7.42. The lowest BCUT2D eigenvalue weighted by Crippen LogP contribution is -2.40. The predicted octanol–water partition coefficient (Wildman–Crippen LogP) is 1.31. The maximum atomic E-state index is 12.1. The van der Waals surface area contributed by atoms with Crippen LogP contribution in [-0.4, -0.2) is 36.5 Å². The fourth-order valence-corrected chi connectivity index (χ4v) is 2.13. The van der Waals surface area contributed by atoms with Gasteiger partial charge in [0.1, 0.15) is 6.04 Å². The third-order valence-electron chi connectivity index (χ3n) is 3.21. The summed E-state index contributed by atoms with van der Waals surface area (Å²) >= 11 is 0. The van der Waals surface area contributed by atoms with Crippen molar-refractivity contribution in [2.45, 2.75) is 25.8 Å². The number of carbonyl (C=O) groups is 2. The molecule has 0 radical (unpaired) electrons. The fourth-order valence-electron chi connectivity index (χ4n) is 2.13. The normalized spacial score (nSPS) is 18.6. The number of carbonyl (C=O) groups excluding carboxylic acids is 2. The van der Waals surface area contributed by atoms with E-state index in [1.807, 2.05) is 31.2 Å². The van der Waals surface area contributed by atoms with Gasteiger partial charge in [-0.05, 0) is 12.5 Å². The Kier molecular flexibility index (Phi) is 3.65. The SMILES string of the molecule is Cc1cccc(CC(=O)N(C)C2CCOC2=O)c1. The molecule has 1 heterocycles. The highest BCUT2D eigenvalue weighted by Crippen LogP contribution is 2.14. The summed E-state index contributed by atoms with van der Waals surface area (Å²) in [5.74, 6) is -0.348. The molecule has 1 unspecified atom stereocenters. The van der Waals surface area contributed by atoms with Crippen molar-refractivity contribution < 1.29 is 14.3 Å². The summed E-state index contributed by atoms with van der Waals surface area (Å²) in [4.78, 5) is 25.0. The third-order valence-corrected chi connectivity index (χ3v) is 3.21. The Balaban J connectivity index is 2.01. The van der Waals surface area contributed by atoms with Crippen LogP contribution >= 0.6 is 0 Å². The molecule has 96 valence electrons. The van der Waals surface area contributed by atoms with E-state index < -0.39 is 6.04 Å². The van der Waals surface area contributed by atoms with Crippen LogP contribution < -0.4 is 0 Å². The number of hydrogen-bond donors (Lipinski definition) is 0. The summed E-state index contributed by atoms with van der Waals surface area (Å²) in [7, 11) is 1.66. The first-order chi connectivity index (χ1) is 8.58. The van der Waals surface area contributed by atoms with Crippen molar-refractivity contribution in [2.24, 2.45) is 0 Å². The van der Waals surface area contributed by atoms with E-state index in [0.717, 1.165) is 11.1 Å². The lowest BCUT2D eigenvalue weighted by Gasteiger charge is -2.21. The van der Waals surface area contributed by atoms with Crippen molar-refractivity contribution in [3.05, 3.63) is 35.4 Å². The summed E-state index contributed by atoms with van der Waals surface area (Å²) in [5, 5.41) is 0. The van der Waals surface area contributed by atoms with E-state index >= 15 is 0 Å². The molecule has 0 bridgehead atoms. The Bertz CT molecular complexity index is 470. The first kappa shape index (κ1) is 12.6. The van der Waals surface area contributed by atoms with Gasteiger partial charge in [0.05, 0.1) is 13.0 Å². The van der Waals surface area contributed by atoms with Crippen molar-refractivity contribution >= 4 is 11.9 Å². The second-order valence-corrected chi connectivity index (χ2v) is 4.64. The number of esters is 1. The van der Waals surface area contributed by atoms with Crippen molar-refractivity contribution in [1.29, 1.82) is 0 Å². The smallest absolute Gasteiger partial charge is 0.328 e. The zero-order chi connectivity index (χ0) is 13.1. The number of amides is 1. The molecule has 1 fully saturated rings. The Morgan fingerprint density at radius 1 is 1.50 bits per heavy atom. The second kappa shape index (κ2) is 5.21. The van der Waals surface area contributed by atoms with Gasteiger partial charge in [0.2, 0.25) is 5.91 Å². The van der Waals surface area contributed by atoms with Gasteiger partial charge in [-0.2, -0.15) is 0 Å². The zero-order valence-electron chi connectivity index (χ0n) is 10.7. The van der Waals surface area contributed by atoms with Crippen LogP contribution in [-0.2, 0) is 20.7 Å². The summed E-state index contributed by atoms with van der Waals surface area (Å²) in [6.45, 7) is 2.40. The van der Waals surface area contributed by atoms with Gasteiger partial charge in [0.25, 0.3) is 0 Å². The molecule has 0 N–H and O–H groups in total. The largest absolute Gasteiger partial charge is 0.464 e. The average Bonchev–Trinajstić information content (AvgIpc) is 2.74. The Labute approximate surface area is 107 Å². The van der Waals surface area contributed by atoms with Gasteiger partial charge < -0.3 is 9.64 Å². The number of ether oxygens (including phenoxy) is 1. The van der Waals surface area contributed by atoms with Gasteiger partial charge in [-0.3, -0.25) is 4.79 Å². The van der Waals surface area contributed by atoms with Gasteiger partial charge in [-0.15, -0.1) is 0 Å². The Hall–Kier alpha value is -1.84. The van der Waals surface area contributed by atoms with Gasteiger partial charge in [0.15, 0.2) is 0 Å². The number of hydrogen-bond acceptors (Lipinski definition) is 3. The van der Waals surface area contributed by atoms with Crippen LogP contribution in [0.25, 0.3) is 0 Å². The minimum Gasteiger partial charge on any atom is -0.464 e. The van der Waals surface area contributed by atoms with E-state index in [9.17, 15) is 9.59 Å². The van der Waals surface area contributed by atoms with Gasteiger partial charge >= 0.3 is 5.97 Å². The molecule has 1 saturated heterocycles. The number of cyclic esters (lactones) is 1. The molecule has 1 aromatic carbocycles. The van der Waals surface area contributed by atoms with Crippen LogP contribution in [0.2, 0.25) is 0 Å². The molecular weight excluding hydrogens is 230 g/mol. The van der Waals surface area contributed by atoms with E-state index in [2.05, 4.69) is 0 Å². The molecule has 1 aromatic rings. The van der Waals surface area contributed by atoms with Crippen LogP contribution in [0.3, 0.4) is 0 Å². The molecule has 0 saturated carbocycles. The van der Waals surface area contributed by atoms with Gasteiger partial charge in [-0.25, -0.2) is 4.79 Å². The molecular formula is C14H17NO3. The maximum absolute atomic E-state index is 12.1. The monoisotopic (exact) mass is 247 g/mol. The van der Waals surface area contributed by atoms with Crippen molar-refractivity contribution in [3.8, 4) is 0 Å². The second-order valence-electron chi connectivity index (χ2n) is 4.64. The number of nitrogens with zero attached hydrogens (tertiary/aromatic N) is 1. The molecule has 1 aliphatic rings. The molecule has 4 heteroatoms. The van der Waals surface area contributed by atoms with Crippen LogP contribution in [0, 0.1) is 6.92 Å². The molecule has 4 nitrogen and oxygen atoms in total. The standard InChI is InChI=1S/C14H17NO3/c1-10-4-3-5-11(8-10)9-13(16)15(2)12-6-7-18-14(12)17/h3-5,8,12H,6-7,9H2,1-2H3. The van der Waals surface area contributed by atoms with E-state index in [1.54, 1.807) is 7.05 Å². The van der Waals surface area contributed by atoms with E-state index in [4.69, 9.17) is 4.74 Å². The molecule has 0 aromatic heterocycles. The van der Waals surface area contributed by atoms with Gasteiger partial charge in [0, 0.05) is 13.5 Å². The predicted molar refractivity (Wildman–Crippen MR) is 67.0 cm³/mol. The first-order valence-electron chi connectivity index (χ1n) is 6.06. The first-order valence-corrected chi connectivity index (χ1v) is 6.06. The minimum absolute atomic E-state index is 0.0514. The fraction of sp³-hybridized carbons (Fsp3) is 0.429. The van der Waals surface area contributed by atoms with E-state index in [0.29, 0.717) is 19.4 Å². The maximum Gasteiger partial charge on any atom is 0.328 e. The van der Waals surface area contributed by atoms with E-state index in [-0.39, 0.29) is 11.9 Å². The topological polar surface area (TPSA) is 46.6 Å². The molecule has 1 amide bonds. The summed E-state index contributed by atoms with van der Waals surface area (Å²) < 4.78 is 4.87. The lowest BCUT2D eigenvalue weighted by atomic mass is 10.1. The Morgan fingerprint density at radius 2 is 2.28 bits per heavy atom. The van der Waals surface area contributed by atoms with Crippen LogP contribution in [0.1, 0.15) is 17.5 Å². The molecule has 1 atom stereocenters. The van der Waals surface area contributed by atoms with Crippen LogP contribution in [0.15, 0.2) is 24.3 Å². The highest BCUT2D eigenvalue weighted by Gasteiger charge is 2.32. The minimum atomic E-state index is -0.415. The van der Waals surface area contributed by atoms with Crippen molar-refractivity contribution in [1.82, 2.24) is 4.90 Å². The lowest BCUT2D eigenvalue weighted by molar-refractivity contribution is -0.146. The summed E-state index contributed by atoms with van der Waals surface area (Å²) in [5.41, 5.74) is 2.10. The molecule has 18 heavy (non-hydrogen) atoms. The van der Waals surface area contributed by atoms with Crippen molar-refractivity contribution in [2.75, 3.05) is 13.7 Å². The number of likely N-dealkylation sites (N-methyl/N-ethyl adjacent to an activating group) is 1. The third kappa shape index (κ3) is 2.70. The molecule has 1 aliphatic heterocycles. The number of benzene rings is 1. The average molecular weight is 247 g/mol. The molecule has 0 aliphatic carbocycles. The zero-order valence-corrected chi connectivity index (χ0v) is 10.7. The highest BCUT2D eigenvalue weighted by atomic mass is 16.5. The summed E-state index contributed by atoms with van der Waals surface area (Å²) in [6.07, 6.45) is 0.914. The van der Waals surface area contributed by atoms with E-state index in [1.165, 1.54) is 4.90 Å². The van der Waals surface area contributed by atoms with Crippen LogP contribution in [0.5, 0.6) is 0 Å².